The lowest BCUT2D eigenvalue weighted by atomic mass is 9.97. The molecule has 1 saturated heterocycles. The van der Waals surface area contributed by atoms with Crippen molar-refractivity contribution in [1.29, 1.82) is 0 Å². The summed E-state index contributed by atoms with van der Waals surface area (Å²) in [5.74, 6) is 0.106. The van der Waals surface area contributed by atoms with Crippen LogP contribution in [-0.2, 0) is 4.79 Å². The number of aliphatic carboxylic acids is 1. The molecule has 1 saturated carbocycles. The summed E-state index contributed by atoms with van der Waals surface area (Å²) >= 11 is 0. The van der Waals surface area contributed by atoms with E-state index < -0.39 is 11.5 Å². The predicted octanol–water partition coefficient (Wildman–Crippen LogP) is 1.72. The second-order valence-corrected chi connectivity index (χ2v) is 4.95. The van der Waals surface area contributed by atoms with Crippen molar-refractivity contribution in [2.45, 2.75) is 51.1 Å². The fraction of sp³-hybridized carbons (Fsp3) is 0.909. The van der Waals surface area contributed by atoms with E-state index in [2.05, 4.69) is 11.8 Å². The summed E-state index contributed by atoms with van der Waals surface area (Å²) in [5, 5.41) is 9.25. The molecule has 1 heterocycles. The van der Waals surface area contributed by atoms with Crippen molar-refractivity contribution < 1.29 is 9.90 Å². The summed E-state index contributed by atoms with van der Waals surface area (Å²) in [6.45, 7) is 5.02. The lowest BCUT2D eigenvalue weighted by Gasteiger charge is -2.36. The Morgan fingerprint density at radius 1 is 1.57 bits per heavy atom. The van der Waals surface area contributed by atoms with E-state index in [0.717, 1.165) is 25.3 Å². The van der Waals surface area contributed by atoms with E-state index in [9.17, 15) is 9.90 Å². The molecule has 0 radical (unpaired) electrons. The molecule has 0 aromatic heterocycles. The zero-order valence-corrected chi connectivity index (χ0v) is 8.99. The molecule has 2 rings (SSSR count). The van der Waals surface area contributed by atoms with E-state index in [-0.39, 0.29) is 0 Å². The fourth-order valence-electron chi connectivity index (χ4n) is 2.70. The van der Waals surface area contributed by atoms with Gasteiger partial charge < -0.3 is 5.11 Å². The first kappa shape index (κ1) is 9.97. The van der Waals surface area contributed by atoms with Gasteiger partial charge in [-0.05, 0) is 52.0 Å². The number of carbonyl (C=O) groups is 1. The van der Waals surface area contributed by atoms with Gasteiger partial charge in [-0.15, -0.1) is 0 Å². The number of carboxylic acid groups (broad SMARTS) is 1. The monoisotopic (exact) mass is 197 g/mol. The second-order valence-electron chi connectivity index (χ2n) is 4.95. The third kappa shape index (κ3) is 1.44. The molecule has 0 spiro atoms. The van der Waals surface area contributed by atoms with Gasteiger partial charge in [-0.25, -0.2) is 0 Å². The first-order valence-electron chi connectivity index (χ1n) is 5.56. The smallest absolute Gasteiger partial charge is 0.323 e. The Morgan fingerprint density at radius 2 is 2.21 bits per heavy atom. The summed E-state index contributed by atoms with van der Waals surface area (Å²) in [5.41, 5.74) is -0.595. The van der Waals surface area contributed by atoms with Crippen LogP contribution in [-0.4, -0.2) is 34.1 Å². The molecule has 2 unspecified atom stereocenters. The molecule has 0 amide bonds. The van der Waals surface area contributed by atoms with Crippen LogP contribution in [0.4, 0.5) is 0 Å². The minimum absolute atomic E-state index is 0.457. The number of hydrogen-bond acceptors (Lipinski definition) is 2. The Labute approximate surface area is 85.1 Å². The number of likely N-dealkylation sites (tertiary alicyclic amines) is 1. The average molecular weight is 197 g/mol. The van der Waals surface area contributed by atoms with E-state index >= 15 is 0 Å². The first-order chi connectivity index (χ1) is 6.55. The van der Waals surface area contributed by atoms with Crippen LogP contribution in [0.1, 0.15) is 39.5 Å². The third-order valence-corrected chi connectivity index (χ3v) is 3.95. The van der Waals surface area contributed by atoms with Crippen molar-refractivity contribution >= 4 is 5.97 Å². The zero-order valence-electron chi connectivity index (χ0n) is 8.99. The van der Waals surface area contributed by atoms with Crippen LogP contribution in [0.2, 0.25) is 0 Å². The van der Waals surface area contributed by atoms with E-state index in [1.54, 1.807) is 0 Å². The standard InChI is InChI=1S/C11H19NO2/c1-8(9-4-5-9)12-7-3-6-11(12,2)10(13)14/h8-9H,3-7H2,1-2H3,(H,13,14). The van der Waals surface area contributed by atoms with E-state index in [1.165, 1.54) is 12.8 Å². The Hall–Kier alpha value is -0.570. The van der Waals surface area contributed by atoms with Gasteiger partial charge in [0.25, 0.3) is 0 Å². The van der Waals surface area contributed by atoms with Gasteiger partial charge in [-0.2, -0.15) is 0 Å². The summed E-state index contributed by atoms with van der Waals surface area (Å²) in [7, 11) is 0. The first-order valence-corrected chi connectivity index (χ1v) is 5.56. The van der Waals surface area contributed by atoms with E-state index in [4.69, 9.17) is 0 Å². The second kappa shape index (κ2) is 3.23. The van der Waals surface area contributed by atoms with Crippen molar-refractivity contribution in [2.75, 3.05) is 6.54 Å². The molecular weight excluding hydrogens is 178 g/mol. The summed E-state index contributed by atoms with van der Waals surface area (Å²) in [6.07, 6.45) is 4.40. The molecule has 2 atom stereocenters. The number of nitrogens with zero attached hydrogens (tertiary/aromatic N) is 1. The Bertz CT molecular complexity index is 250. The normalized spacial score (nSPS) is 35.9. The molecule has 2 fully saturated rings. The van der Waals surface area contributed by atoms with Gasteiger partial charge in [-0.3, -0.25) is 9.69 Å². The van der Waals surface area contributed by atoms with Gasteiger partial charge in [0.15, 0.2) is 0 Å². The van der Waals surface area contributed by atoms with Crippen molar-refractivity contribution in [3.8, 4) is 0 Å². The van der Waals surface area contributed by atoms with Crippen LogP contribution in [0.5, 0.6) is 0 Å². The van der Waals surface area contributed by atoms with Crippen molar-refractivity contribution in [3.63, 3.8) is 0 Å². The highest BCUT2D eigenvalue weighted by atomic mass is 16.4. The highest BCUT2D eigenvalue weighted by Gasteiger charge is 2.48. The molecule has 80 valence electrons. The van der Waals surface area contributed by atoms with Crippen molar-refractivity contribution in [3.05, 3.63) is 0 Å². The summed E-state index contributed by atoms with van der Waals surface area (Å²) in [4.78, 5) is 13.4. The maximum atomic E-state index is 11.2. The van der Waals surface area contributed by atoms with Crippen LogP contribution >= 0.6 is 0 Å². The number of rotatable bonds is 3. The molecule has 2 aliphatic rings. The van der Waals surface area contributed by atoms with E-state index in [1.807, 2.05) is 6.92 Å². The maximum absolute atomic E-state index is 11.2. The maximum Gasteiger partial charge on any atom is 0.323 e. The largest absolute Gasteiger partial charge is 0.480 e. The van der Waals surface area contributed by atoms with Crippen LogP contribution in [0.15, 0.2) is 0 Å². The highest BCUT2D eigenvalue weighted by Crippen LogP contribution is 2.41. The minimum Gasteiger partial charge on any atom is -0.480 e. The molecule has 0 aromatic rings. The third-order valence-electron chi connectivity index (χ3n) is 3.95. The van der Waals surface area contributed by atoms with Gasteiger partial charge in [-0.1, -0.05) is 0 Å². The molecular formula is C11H19NO2. The van der Waals surface area contributed by atoms with Gasteiger partial charge in [0.05, 0.1) is 0 Å². The lowest BCUT2D eigenvalue weighted by molar-refractivity contribution is -0.150. The van der Waals surface area contributed by atoms with E-state index in [0.29, 0.717) is 6.04 Å². The molecule has 1 aliphatic heterocycles. The molecule has 1 N–H and O–H groups in total. The fourth-order valence-corrected chi connectivity index (χ4v) is 2.70. The van der Waals surface area contributed by atoms with Crippen LogP contribution in [0, 0.1) is 5.92 Å². The Balaban J connectivity index is 2.12. The zero-order chi connectivity index (χ0) is 10.3. The quantitative estimate of drug-likeness (QED) is 0.749. The van der Waals surface area contributed by atoms with Crippen molar-refractivity contribution in [1.82, 2.24) is 4.90 Å². The lowest BCUT2D eigenvalue weighted by Crippen LogP contribution is -2.52. The van der Waals surface area contributed by atoms with Gasteiger partial charge in [0.1, 0.15) is 5.54 Å². The van der Waals surface area contributed by atoms with Gasteiger partial charge in [0, 0.05) is 6.04 Å². The molecule has 0 bridgehead atoms. The predicted molar refractivity (Wildman–Crippen MR) is 54.2 cm³/mol. The number of carboxylic acids is 1. The minimum atomic E-state index is -0.650. The molecule has 0 aromatic carbocycles. The Kier molecular flexibility index (Phi) is 2.30. The van der Waals surface area contributed by atoms with Gasteiger partial charge >= 0.3 is 5.97 Å². The van der Waals surface area contributed by atoms with Crippen LogP contribution < -0.4 is 0 Å². The van der Waals surface area contributed by atoms with Gasteiger partial charge in [0.2, 0.25) is 0 Å². The average Bonchev–Trinajstić information content (AvgIpc) is 2.89. The van der Waals surface area contributed by atoms with Crippen LogP contribution in [0.3, 0.4) is 0 Å². The van der Waals surface area contributed by atoms with Crippen LogP contribution in [0.25, 0.3) is 0 Å². The number of hydrogen-bond donors (Lipinski definition) is 1. The molecule has 3 heteroatoms. The molecule has 3 nitrogen and oxygen atoms in total. The molecule has 1 aliphatic carbocycles. The highest BCUT2D eigenvalue weighted by molar-refractivity contribution is 5.78. The topological polar surface area (TPSA) is 40.5 Å². The SMILES string of the molecule is CC(C1CC1)N1CCCC1(C)C(=O)O. The summed E-state index contributed by atoms with van der Waals surface area (Å²) < 4.78 is 0. The molecule has 14 heavy (non-hydrogen) atoms. The van der Waals surface area contributed by atoms with Crippen molar-refractivity contribution in [2.24, 2.45) is 5.92 Å². The Morgan fingerprint density at radius 3 is 2.71 bits per heavy atom. The summed E-state index contributed by atoms with van der Waals surface area (Å²) in [6, 6.07) is 0.457.